The predicted octanol–water partition coefficient (Wildman–Crippen LogP) is 2.01. The zero-order valence-electron chi connectivity index (χ0n) is 18.2. The van der Waals surface area contributed by atoms with Gasteiger partial charge in [0.1, 0.15) is 17.7 Å². The summed E-state index contributed by atoms with van der Waals surface area (Å²) in [5.41, 5.74) is 6.88. The van der Waals surface area contributed by atoms with Crippen LogP contribution in [0.5, 0.6) is 0 Å². The Kier molecular flexibility index (Phi) is 7.35. The Bertz CT molecular complexity index is 1070. The number of amides is 3. The highest BCUT2D eigenvalue weighted by Gasteiger charge is 2.40. The van der Waals surface area contributed by atoms with Gasteiger partial charge in [-0.3, -0.25) is 19.3 Å². The number of aliphatic hydroxyl groups excluding tert-OH is 1. The van der Waals surface area contributed by atoms with Gasteiger partial charge < -0.3 is 15.7 Å². The van der Waals surface area contributed by atoms with Crippen LogP contribution >= 0.6 is 0 Å². The van der Waals surface area contributed by atoms with E-state index in [0.717, 1.165) is 23.3 Å². The first-order valence-electron chi connectivity index (χ1n) is 10.4. The third kappa shape index (κ3) is 5.32. The van der Waals surface area contributed by atoms with E-state index in [4.69, 9.17) is 5.73 Å². The minimum atomic E-state index is -2.09. The number of nitrogens with two attached hydrogens (primary N) is 1. The largest absolute Gasteiger partial charge is 0.378 e. The van der Waals surface area contributed by atoms with Crippen LogP contribution in [0.25, 0.3) is 5.57 Å². The van der Waals surface area contributed by atoms with E-state index in [-0.39, 0.29) is 5.56 Å². The molecule has 1 aliphatic heterocycles. The summed E-state index contributed by atoms with van der Waals surface area (Å²) >= 11 is 0. The van der Waals surface area contributed by atoms with E-state index < -0.39 is 47.5 Å². The van der Waals surface area contributed by atoms with Crippen LogP contribution in [0.3, 0.4) is 0 Å². The van der Waals surface area contributed by atoms with E-state index in [0.29, 0.717) is 23.9 Å². The summed E-state index contributed by atoms with van der Waals surface area (Å²) in [4.78, 5) is 41.4. The topological polar surface area (TPSA) is 104 Å². The lowest BCUT2D eigenvalue weighted by atomic mass is 9.99. The van der Waals surface area contributed by atoms with Crippen LogP contribution in [0.1, 0.15) is 30.6 Å². The molecule has 0 radical (unpaired) electrons. The monoisotopic (exact) mass is 457 g/mol. The summed E-state index contributed by atoms with van der Waals surface area (Å²) in [7, 11) is 1.54. The summed E-state index contributed by atoms with van der Waals surface area (Å²) in [6, 6.07) is 8.72. The maximum Gasteiger partial charge on any atom is 0.263 e. The fourth-order valence-corrected chi connectivity index (χ4v) is 3.66. The molecule has 2 aromatic carbocycles. The molecule has 0 spiro atoms. The molecule has 0 saturated carbocycles. The van der Waals surface area contributed by atoms with Crippen molar-refractivity contribution < 1.29 is 28.3 Å². The van der Waals surface area contributed by atoms with Crippen LogP contribution in [0, 0.1) is 11.6 Å². The molecule has 2 aromatic rings. The van der Waals surface area contributed by atoms with E-state index in [9.17, 15) is 28.3 Å². The van der Waals surface area contributed by atoms with Crippen LogP contribution in [0.2, 0.25) is 0 Å². The van der Waals surface area contributed by atoms with Crippen LogP contribution in [-0.4, -0.2) is 58.3 Å². The molecule has 0 saturated heterocycles. The number of aliphatic hydroxyl groups is 1. The molecule has 1 heterocycles. The van der Waals surface area contributed by atoms with E-state index >= 15 is 0 Å². The van der Waals surface area contributed by atoms with Crippen molar-refractivity contribution in [2.24, 2.45) is 5.73 Å². The lowest BCUT2D eigenvalue weighted by Crippen LogP contribution is -2.56. The second-order valence-corrected chi connectivity index (χ2v) is 7.95. The number of benzene rings is 2. The number of halogens is 2. The van der Waals surface area contributed by atoms with E-state index in [1.54, 1.807) is 0 Å². The number of likely N-dealkylation sites (N-methyl/N-ethyl adjacent to an activating group) is 1. The molecule has 3 rings (SSSR count). The summed E-state index contributed by atoms with van der Waals surface area (Å²) in [6.45, 7) is 1.67. The third-order valence-corrected chi connectivity index (χ3v) is 5.43. The van der Waals surface area contributed by atoms with Gasteiger partial charge in [-0.15, -0.1) is 0 Å². The second-order valence-electron chi connectivity index (χ2n) is 7.95. The fraction of sp³-hybridized carbons (Fsp3) is 0.292. The number of carbonyl (C=O) groups excluding carboxylic acids is 3. The molecular formula is C24H25F2N3O4. The van der Waals surface area contributed by atoms with Gasteiger partial charge in [0.15, 0.2) is 6.10 Å². The molecule has 0 unspecified atom stereocenters. The molecule has 3 amide bonds. The smallest absolute Gasteiger partial charge is 0.263 e. The fourth-order valence-electron chi connectivity index (χ4n) is 3.66. The van der Waals surface area contributed by atoms with Crippen LogP contribution in [0.15, 0.2) is 54.6 Å². The number of nitrogens with zero attached hydrogens (tertiary/aromatic N) is 2. The SMILES string of the molecule is C[C@H](N)C(=O)N(C(=O)[C@@H](O)c1cc(F)cc(F)c1)[C@H]1C=C(c2ccccc2)CCN(C)C1=O. The highest BCUT2D eigenvalue weighted by molar-refractivity contribution is 6.05. The van der Waals surface area contributed by atoms with E-state index in [2.05, 4.69) is 0 Å². The van der Waals surface area contributed by atoms with Crippen molar-refractivity contribution >= 4 is 23.3 Å². The molecule has 7 nitrogen and oxygen atoms in total. The van der Waals surface area contributed by atoms with Gasteiger partial charge in [-0.2, -0.15) is 0 Å². The first-order chi connectivity index (χ1) is 15.6. The quantitative estimate of drug-likeness (QED) is 0.715. The predicted molar refractivity (Wildman–Crippen MR) is 117 cm³/mol. The van der Waals surface area contributed by atoms with Gasteiger partial charge in [-0.1, -0.05) is 30.3 Å². The second kappa shape index (κ2) is 10.0. The Morgan fingerprint density at radius 2 is 1.73 bits per heavy atom. The molecule has 1 aliphatic rings. The zero-order chi connectivity index (χ0) is 24.3. The Hall–Kier alpha value is -3.43. The zero-order valence-corrected chi connectivity index (χ0v) is 18.2. The van der Waals surface area contributed by atoms with Crippen LogP contribution in [-0.2, 0) is 14.4 Å². The van der Waals surface area contributed by atoms with E-state index in [1.165, 1.54) is 24.9 Å². The molecule has 174 valence electrons. The lowest BCUT2D eigenvalue weighted by Gasteiger charge is -2.31. The van der Waals surface area contributed by atoms with Gasteiger partial charge in [0.2, 0.25) is 11.8 Å². The van der Waals surface area contributed by atoms with Crippen molar-refractivity contribution in [3.05, 3.63) is 77.4 Å². The van der Waals surface area contributed by atoms with Crippen molar-refractivity contribution in [1.29, 1.82) is 0 Å². The van der Waals surface area contributed by atoms with Crippen LogP contribution < -0.4 is 5.73 Å². The van der Waals surface area contributed by atoms with Gasteiger partial charge in [-0.05, 0) is 48.3 Å². The van der Waals surface area contributed by atoms with Gasteiger partial charge in [0.05, 0.1) is 6.04 Å². The van der Waals surface area contributed by atoms with Gasteiger partial charge in [-0.25, -0.2) is 8.78 Å². The van der Waals surface area contributed by atoms with Crippen molar-refractivity contribution in [2.45, 2.75) is 31.5 Å². The number of rotatable bonds is 5. The molecule has 0 bridgehead atoms. The first kappa shape index (κ1) is 24.2. The molecule has 0 fully saturated rings. The lowest BCUT2D eigenvalue weighted by molar-refractivity contribution is -0.158. The highest BCUT2D eigenvalue weighted by atomic mass is 19.1. The number of imide groups is 1. The Morgan fingerprint density at radius 1 is 1.12 bits per heavy atom. The van der Waals surface area contributed by atoms with Gasteiger partial charge in [0.25, 0.3) is 5.91 Å². The maximum absolute atomic E-state index is 13.7. The van der Waals surface area contributed by atoms with Gasteiger partial charge in [0, 0.05) is 19.7 Å². The summed E-state index contributed by atoms with van der Waals surface area (Å²) in [5.74, 6) is -4.68. The Morgan fingerprint density at radius 3 is 2.30 bits per heavy atom. The highest BCUT2D eigenvalue weighted by Crippen LogP contribution is 2.27. The maximum atomic E-state index is 13.7. The minimum Gasteiger partial charge on any atom is -0.378 e. The average molecular weight is 457 g/mol. The average Bonchev–Trinajstić information content (AvgIpc) is 2.92. The van der Waals surface area contributed by atoms with Crippen molar-refractivity contribution in [3.63, 3.8) is 0 Å². The molecule has 9 heteroatoms. The Labute approximate surface area is 190 Å². The molecule has 0 aromatic heterocycles. The summed E-state index contributed by atoms with van der Waals surface area (Å²) < 4.78 is 27.3. The molecule has 0 aliphatic carbocycles. The minimum absolute atomic E-state index is 0.335. The number of hydrogen-bond acceptors (Lipinski definition) is 5. The van der Waals surface area contributed by atoms with Crippen molar-refractivity contribution in [3.8, 4) is 0 Å². The molecule has 3 N–H and O–H groups in total. The molecule has 33 heavy (non-hydrogen) atoms. The third-order valence-electron chi connectivity index (χ3n) is 5.43. The Balaban J connectivity index is 2.09. The first-order valence-corrected chi connectivity index (χ1v) is 10.4. The molecule has 3 atom stereocenters. The molecular weight excluding hydrogens is 432 g/mol. The standard InChI is InChI=1S/C24H25F2N3O4/c1-14(27)22(31)29(24(33)21(30)17-10-18(25)13-19(26)11-17)20-12-16(8-9-28(2)23(20)32)15-6-4-3-5-7-15/h3-7,10-14,20-21,30H,8-9,27H2,1-2H3/t14-,20-,21-/m0/s1. The number of carbonyl (C=O) groups is 3. The van der Waals surface area contributed by atoms with Crippen molar-refractivity contribution in [2.75, 3.05) is 13.6 Å². The normalized spacial score (nSPS) is 18.2. The summed E-state index contributed by atoms with van der Waals surface area (Å²) in [5, 5.41) is 10.6. The number of hydrogen-bond donors (Lipinski definition) is 2. The van der Waals surface area contributed by atoms with Gasteiger partial charge >= 0.3 is 0 Å². The van der Waals surface area contributed by atoms with E-state index in [1.807, 2.05) is 30.3 Å². The van der Waals surface area contributed by atoms with Crippen molar-refractivity contribution in [1.82, 2.24) is 9.80 Å². The summed E-state index contributed by atoms with van der Waals surface area (Å²) in [6.07, 6.45) is -0.125. The van der Waals surface area contributed by atoms with Crippen LogP contribution in [0.4, 0.5) is 8.78 Å².